The molecule has 138 valence electrons. The van der Waals surface area contributed by atoms with Gasteiger partial charge in [-0.3, -0.25) is 5.43 Å². The summed E-state index contributed by atoms with van der Waals surface area (Å²) in [7, 11) is 0. The van der Waals surface area contributed by atoms with E-state index in [4.69, 9.17) is 0 Å². The fourth-order valence-electron chi connectivity index (χ4n) is 3.25. The molecule has 1 aromatic carbocycles. The zero-order chi connectivity index (χ0) is 19.0. The van der Waals surface area contributed by atoms with E-state index in [0.717, 1.165) is 30.4 Å². The summed E-state index contributed by atoms with van der Waals surface area (Å²) < 4.78 is -1.11. The van der Waals surface area contributed by atoms with Crippen LogP contribution in [0.1, 0.15) is 19.8 Å². The molecule has 2 heterocycles. The summed E-state index contributed by atoms with van der Waals surface area (Å²) in [5.74, 6) is -0.871. The van der Waals surface area contributed by atoms with Gasteiger partial charge in [-0.15, -0.1) is 0 Å². The van der Waals surface area contributed by atoms with Gasteiger partial charge in [0.15, 0.2) is 0 Å². The number of amidine groups is 1. The Morgan fingerprint density at radius 1 is 1.37 bits per heavy atom. The van der Waals surface area contributed by atoms with Crippen molar-refractivity contribution < 1.29 is 14.7 Å². The number of hydrogen-bond donors (Lipinski definition) is 3. The van der Waals surface area contributed by atoms with Gasteiger partial charge in [0.2, 0.25) is 0 Å². The van der Waals surface area contributed by atoms with Crippen LogP contribution in [-0.4, -0.2) is 27.4 Å². The van der Waals surface area contributed by atoms with Crippen LogP contribution in [-0.2, 0) is 4.79 Å². The average molecular weight is 365 g/mol. The normalized spacial score (nSPS) is 27.9. The first-order valence-electron chi connectivity index (χ1n) is 8.70. The highest BCUT2D eigenvalue weighted by atomic mass is 16.6. The standard InChI is InChI=1S/C19H19N5O3/c1-12-7-9-15(22-21-14-5-3-2-4-6-14)18-17(12)23-24(27)11-13(19(25)26)8-10-16(24)20-18/h2-6,8,10-12,21,23H,7,9H2,1H3,(H,25,26). The van der Waals surface area contributed by atoms with E-state index in [1.807, 2.05) is 37.3 Å². The number of allylic oxidation sites excluding steroid dienone is 2. The van der Waals surface area contributed by atoms with E-state index in [1.165, 1.54) is 12.2 Å². The first-order chi connectivity index (χ1) is 13.0. The number of quaternary nitrogens is 1. The number of para-hydroxylation sites is 1. The number of hydrogen-bond acceptors (Lipinski definition) is 6. The van der Waals surface area contributed by atoms with Crippen molar-refractivity contribution in [1.82, 2.24) is 5.43 Å². The number of nitrogens with zero attached hydrogens (tertiary/aromatic N) is 3. The number of nitrogens with one attached hydrogen (secondary N) is 2. The van der Waals surface area contributed by atoms with Crippen LogP contribution in [0.4, 0.5) is 5.69 Å². The number of aliphatic carboxylic acids is 1. The molecule has 2 unspecified atom stereocenters. The van der Waals surface area contributed by atoms with E-state index in [1.54, 1.807) is 0 Å². The molecule has 0 aromatic heterocycles. The lowest BCUT2D eigenvalue weighted by molar-refractivity contribution is -0.780. The van der Waals surface area contributed by atoms with E-state index >= 15 is 0 Å². The van der Waals surface area contributed by atoms with E-state index in [9.17, 15) is 15.1 Å². The number of rotatable bonds is 3. The summed E-state index contributed by atoms with van der Waals surface area (Å²) in [5, 5.41) is 26.8. The molecule has 27 heavy (non-hydrogen) atoms. The summed E-state index contributed by atoms with van der Waals surface area (Å²) in [5.41, 5.74) is 8.85. The minimum absolute atomic E-state index is 0.0661. The predicted octanol–water partition coefficient (Wildman–Crippen LogP) is 2.87. The molecule has 0 spiro atoms. The van der Waals surface area contributed by atoms with Crippen molar-refractivity contribution in [2.24, 2.45) is 16.0 Å². The van der Waals surface area contributed by atoms with Gasteiger partial charge in [-0.05, 0) is 31.1 Å². The van der Waals surface area contributed by atoms with Crippen molar-refractivity contribution in [1.29, 1.82) is 0 Å². The molecule has 8 nitrogen and oxygen atoms in total. The topological polar surface area (TPSA) is 109 Å². The quantitative estimate of drug-likeness (QED) is 0.433. The smallest absolute Gasteiger partial charge is 0.341 e. The molecule has 2 atom stereocenters. The molecule has 1 aliphatic carbocycles. The second kappa shape index (κ2) is 6.49. The number of hydroxylamine groups is 2. The summed E-state index contributed by atoms with van der Waals surface area (Å²) >= 11 is 0. The van der Waals surface area contributed by atoms with Crippen LogP contribution in [0.25, 0.3) is 0 Å². The van der Waals surface area contributed by atoms with E-state index in [2.05, 4.69) is 20.9 Å². The van der Waals surface area contributed by atoms with Gasteiger partial charge in [0.1, 0.15) is 17.5 Å². The van der Waals surface area contributed by atoms with Gasteiger partial charge in [0.05, 0.1) is 17.1 Å². The molecule has 0 saturated carbocycles. The maximum Gasteiger partial charge on any atom is 0.341 e. The van der Waals surface area contributed by atoms with Crippen molar-refractivity contribution in [2.75, 3.05) is 5.43 Å². The van der Waals surface area contributed by atoms with Crippen molar-refractivity contribution in [3.8, 4) is 0 Å². The monoisotopic (exact) mass is 365 g/mol. The minimum Gasteiger partial charge on any atom is -0.595 e. The Balaban J connectivity index is 1.69. The second-order valence-corrected chi connectivity index (χ2v) is 6.70. The molecule has 2 aliphatic heterocycles. The fraction of sp³-hybridized carbons (Fsp3) is 0.211. The lowest BCUT2D eigenvalue weighted by Gasteiger charge is -2.44. The van der Waals surface area contributed by atoms with Crippen LogP contribution in [0.3, 0.4) is 0 Å². The van der Waals surface area contributed by atoms with Crippen LogP contribution < -0.4 is 10.9 Å². The molecular weight excluding hydrogens is 346 g/mol. The highest BCUT2D eigenvalue weighted by Gasteiger charge is 2.38. The molecule has 0 radical (unpaired) electrons. The molecular formula is C19H19N5O3. The van der Waals surface area contributed by atoms with Crippen molar-refractivity contribution in [3.05, 3.63) is 70.9 Å². The number of carbonyl (C=O) groups is 1. The van der Waals surface area contributed by atoms with Crippen molar-refractivity contribution in [2.45, 2.75) is 19.8 Å². The minimum atomic E-state index is -1.15. The first kappa shape index (κ1) is 17.2. The van der Waals surface area contributed by atoms with Crippen LogP contribution in [0, 0.1) is 11.1 Å². The molecule has 0 fully saturated rings. The maximum atomic E-state index is 13.1. The Morgan fingerprint density at radius 3 is 2.89 bits per heavy atom. The third-order valence-electron chi connectivity index (χ3n) is 4.76. The Hall–Kier alpha value is -3.23. The molecule has 0 saturated heterocycles. The van der Waals surface area contributed by atoms with Gasteiger partial charge in [-0.2, -0.15) is 14.8 Å². The lowest BCUT2D eigenvalue weighted by Crippen LogP contribution is -2.57. The molecule has 0 amide bonds. The fourth-order valence-corrected chi connectivity index (χ4v) is 3.25. The molecule has 1 aromatic rings. The predicted molar refractivity (Wildman–Crippen MR) is 102 cm³/mol. The zero-order valence-electron chi connectivity index (χ0n) is 14.7. The molecule has 3 aliphatic rings. The highest BCUT2D eigenvalue weighted by molar-refractivity contribution is 6.06. The van der Waals surface area contributed by atoms with Gasteiger partial charge in [-0.25, -0.2) is 10.2 Å². The van der Waals surface area contributed by atoms with Crippen LogP contribution in [0.5, 0.6) is 0 Å². The van der Waals surface area contributed by atoms with Crippen molar-refractivity contribution >= 4 is 23.2 Å². The number of carboxylic acids is 1. The zero-order valence-corrected chi connectivity index (χ0v) is 14.7. The second-order valence-electron chi connectivity index (χ2n) is 6.70. The van der Waals surface area contributed by atoms with E-state index in [-0.39, 0.29) is 17.3 Å². The Morgan fingerprint density at radius 2 is 2.15 bits per heavy atom. The number of benzene rings is 1. The SMILES string of the molecule is CC1CCC(=NNc2ccccc2)C2=C1N[N+]1([O-])C=C(C(=O)O)C=CC1=N2. The number of anilines is 1. The molecule has 4 rings (SSSR count). The maximum absolute atomic E-state index is 13.1. The van der Waals surface area contributed by atoms with Gasteiger partial charge >= 0.3 is 5.97 Å². The summed E-state index contributed by atoms with van der Waals surface area (Å²) in [6.07, 6.45) is 5.49. The number of carboxylic acid groups (broad SMARTS) is 1. The third-order valence-corrected chi connectivity index (χ3v) is 4.76. The number of fused-ring (bicyclic) bond motifs is 1. The van der Waals surface area contributed by atoms with Crippen LogP contribution in [0.15, 0.2) is 75.7 Å². The Bertz CT molecular complexity index is 945. The van der Waals surface area contributed by atoms with E-state index in [0.29, 0.717) is 11.4 Å². The van der Waals surface area contributed by atoms with E-state index < -0.39 is 10.7 Å². The largest absolute Gasteiger partial charge is 0.595 e. The average Bonchev–Trinajstić information content (AvgIpc) is 2.66. The third kappa shape index (κ3) is 3.16. The van der Waals surface area contributed by atoms with Gasteiger partial charge in [0, 0.05) is 12.0 Å². The van der Waals surface area contributed by atoms with Gasteiger partial charge < -0.3 is 10.3 Å². The summed E-state index contributed by atoms with van der Waals surface area (Å²) in [4.78, 5) is 15.7. The molecule has 3 N–H and O–H groups in total. The lowest BCUT2D eigenvalue weighted by atomic mass is 9.90. The molecule has 0 bridgehead atoms. The first-order valence-corrected chi connectivity index (χ1v) is 8.70. The van der Waals surface area contributed by atoms with Gasteiger partial charge in [-0.1, -0.05) is 25.1 Å². The van der Waals surface area contributed by atoms with Crippen molar-refractivity contribution in [3.63, 3.8) is 0 Å². The Labute approximate surface area is 156 Å². The van der Waals surface area contributed by atoms with Gasteiger partial charge in [0.25, 0.3) is 5.84 Å². The summed E-state index contributed by atoms with van der Waals surface area (Å²) in [6, 6.07) is 9.59. The molecule has 8 heteroatoms. The number of hydrazone groups is 1. The Kier molecular flexibility index (Phi) is 4.14. The number of aliphatic imine (C=N–C) groups is 1. The van der Waals surface area contributed by atoms with Crippen LogP contribution in [0.2, 0.25) is 0 Å². The van der Waals surface area contributed by atoms with Crippen LogP contribution >= 0.6 is 0 Å². The highest BCUT2D eigenvalue weighted by Crippen LogP contribution is 2.34. The summed E-state index contributed by atoms with van der Waals surface area (Å²) in [6.45, 7) is 2.01.